The molecule has 0 aromatic carbocycles. The number of aliphatic imine (C=N–C) groups is 2. The Balaban J connectivity index is 3.52. The van der Waals surface area contributed by atoms with Crippen molar-refractivity contribution in [3.8, 4) is 0 Å². The van der Waals surface area contributed by atoms with Crippen molar-refractivity contribution < 1.29 is 0 Å². The van der Waals surface area contributed by atoms with Crippen molar-refractivity contribution >= 4 is 12.9 Å². The topological polar surface area (TPSA) is 24.7 Å². The fourth-order valence-electron chi connectivity index (χ4n) is 0.237. The molecule has 44 valence electrons. The Kier molecular flexibility index (Phi) is 3.76. The van der Waals surface area contributed by atoms with E-state index in [-0.39, 0.29) is 0 Å². The molecule has 0 saturated heterocycles. The lowest BCUT2D eigenvalue weighted by Crippen LogP contribution is -1.69. The van der Waals surface area contributed by atoms with Gasteiger partial charge in [0.15, 0.2) is 0 Å². The van der Waals surface area contributed by atoms with Crippen LogP contribution in [-0.2, 0) is 0 Å². The van der Waals surface area contributed by atoms with Gasteiger partial charge in [-0.2, -0.15) is 0 Å². The van der Waals surface area contributed by atoms with Crippen molar-refractivity contribution in [1.29, 1.82) is 0 Å². The van der Waals surface area contributed by atoms with Gasteiger partial charge in [-0.1, -0.05) is 13.5 Å². The highest BCUT2D eigenvalue weighted by Gasteiger charge is 1.73. The predicted molar refractivity (Wildman–Crippen MR) is 37.5 cm³/mol. The van der Waals surface area contributed by atoms with E-state index in [1.165, 1.54) is 0 Å². The summed E-state index contributed by atoms with van der Waals surface area (Å²) in [5, 5.41) is 0. The molecule has 0 bridgehead atoms. The van der Waals surface area contributed by atoms with Crippen LogP contribution in [-0.4, -0.2) is 12.9 Å². The number of hydrogen-bond donors (Lipinski definition) is 0. The van der Waals surface area contributed by atoms with Crippen LogP contribution in [0.5, 0.6) is 0 Å². The SMILES string of the molecule is C=NC(=C)/N=C\CC. The van der Waals surface area contributed by atoms with E-state index < -0.39 is 0 Å². The first-order valence-corrected chi connectivity index (χ1v) is 2.49. The fourth-order valence-corrected chi connectivity index (χ4v) is 0.237. The highest BCUT2D eigenvalue weighted by atomic mass is 14.9. The minimum absolute atomic E-state index is 0.479. The summed E-state index contributed by atoms with van der Waals surface area (Å²) < 4.78 is 0. The van der Waals surface area contributed by atoms with Crippen LogP contribution in [0.4, 0.5) is 0 Å². The lowest BCUT2D eigenvalue weighted by atomic mass is 10.5. The van der Waals surface area contributed by atoms with Crippen molar-refractivity contribution in [3.63, 3.8) is 0 Å². The molecule has 0 spiro atoms. The molecule has 0 N–H and O–H groups in total. The molecule has 0 fully saturated rings. The van der Waals surface area contributed by atoms with E-state index in [1.54, 1.807) is 6.21 Å². The minimum atomic E-state index is 0.479. The molecule has 2 nitrogen and oxygen atoms in total. The molecule has 0 rings (SSSR count). The number of hydrogen-bond acceptors (Lipinski definition) is 2. The zero-order chi connectivity index (χ0) is 6.41. The van der Waals surface area contributed by atoms with Crippen molar-refractivity contribution in [1.82, 2.24) is 0 Å². The molecular weight excluding hydrogens is 100 g/mol. The van der Waals surface area contributed by atoms with Crippen LogP contribution >= 0.6 is 0 Å². The molecule has 0 aliphatic carbocycles. The zero-order valence-corrected chi connectivity index (χ0v) is 5.09. The van der Waals surface area contributed by atoms with Crippen molar-refractivity contribution in [2.75, 3.05) is 0 Å². The molecule has 0 amide bonds. The Morgan fingerprint density at radius 2 is 2.38 bits per heavy atom. The lowest BCUT2D eigenvalue weighted by Gasteiger charge is -1.82. The van der Waals surface area contributed by atoms with Crippen LogP contribution in [0, 0.1) is 0 Å². The van der Waals surface area contributed by atoms with Gasteiger partial charge in [0.1, 0.15) is 5.82 Å². The predicted octanol–water partition coefficient (Wildman–Crippen LogP) is 1.64. The van der Waals surface area contributed by atoms with E-state index >= 15 is 0 Å². The highest BCUT2D eigenvalue weighted by Crippen LogP contribution is 1.89. The monoisotopic (exact) mass is 110 g/mol. The summed E-state index contributed by atoms with van der Waals surface area (Å²) in [5.74, 6) is 0.479. The summed E-state index contributed by atoms with van der Waals surface area (Å²) >= 11 is 0. The maximum atomic E-state index is 3.81. The summed E-state index contributed by atoms with van der Waals surface area (Å²) in [7, 11) is 0. The average Bonchev–Trinajstić information content (AvgIpc) is 1.83. The molecule has 0 aliphatic heterocycles. The normalized spacial score (nSPS) is 9.62. The Morgan fingerprint density at radius 1 is 1.75 bits per heavy atom. The van der Waals surface area contributed by atoms with Gasteiger partial charge in [0, 0.05) is 6.21 Å². The molecule has 0 aliphatic rings. The van der Waals surface area contributed by atoms with Crippen LogP contribution in [0.3, 0.4) is 0 Å². The van der Waals surface area contributed by atoms with Crippen LogP contribution in [0.1, 0.15) is 13.3 Å². The molecule has 0 unspecified atom stereocenters. The maximum absolute atomic E-state index is 3.81. The molecular formula is C6H10N2. The summed E-state index contributed by atoms with van der Waals surface area (Å²) in [6.07, 6.45) is 2.66. The molecule has 0 heterocycles. The van der Waals surface area contributed by atoms with Gasteiger partial charge in [-0.25, -0.2) is 9.98 Å². The Labute approximate surface area is 49.7 Å². The van der Waals surface area contributed by atoms with Crippen LogP contribution in [0.25, 0.3) is 0 Å². The second kappa shape index (κ2) is 4.24. The molecule has 0 aromatic heterocycles. The van der Waals surface area contributed by atoms with E-state index in [4.69, 9.17) is 0 Å². The zero-order valence-electron chi connectivity index (χ0n) is 5.09. The second-order valence-corrected chi connectivity index (χ2v) is 1.29. The molecule has 2 heteroatoms. The number of nitrogens with zero attached hydrogens (tertiary/aromatic N) is 2. The first kappa shape index (κ1) is 7.08. The van der Waals surface area contributed by atoms with Crippen LogP contribution in [0.15, 0.2) is 22.4 Å². The minimum Gasteiger partial charge on any atom is -0.246 e. The summed E-state index contributed by atoms with van der Waals surface area (Å²) in [6, 6.07) is 0. The molecule has 0 saturated carbocycles. The van der Waals surface area contributed by atoms with Crippen LogP contribution < -0.4 is 0 Å². The van der Waals surface area contributed by atoms with E-state index in [2.05, 4.69) is 23.3 Å². The van der Waals surface area contributed by atoms with E-state index in [0.29, 0.717) is 5.82 Å². The highest BCUT2D eigenvalue weighted by molar-refractivity contribution is 5.58. The van der Waals surface area contributed by atoms with Gasteiger partial charge in [0.25, 0.3) is 0 Å². The summed E-state index contributed by atoms with van der Waals surface area (Å²) in [6.45, 7) is 8.73. The largest absolute Gasteiger partial charge is 0.246 e. The lowest BCUT2D eigenvalue weighted by molar-refractivity contribution is 1.24. The van der Waals surface area contributed by atoms with E-state index in [1.807, 2.05) is 6.92 Å². The van der Waals surface area contributed by atoms with E-state index in [9.17, 15) is 0 Å². The smallest absolute Gasteiger partial charge is 0.143 e. The standard InChI is InChI=1S/C6H10N2/c1-4-5-8-6(2)7-3/h5H,2-4H2,1H3/b8-5-. The average molecular weight is 110 g/mol. The number of rotatable bonds is 3. The van der Waals surface area contributed by atoms with Crippen LogP contribution in [0.2, 0.25) is 0 Å². The van der Waals surface area contributed by atoms with Gasteiger partial charge in [0.2, 0.25) is 0 Å². The fraction of sp³-hybridized carbons (Fsp3) is 0.333. The van der Waals surface area contributed by atoms with E-state index in [0.717, 1.165) is 6.42 Å². The first-order valence-electron chi connectivity index (χ1n) is 2.49. The van der Waals surface area contributed by atoms with Crippen molar-refractivity contribution in [3.05, 3.63) is 12.4 Å². The summed E-state index contributed by atoms with van der Waals surface area (Å²) in [4.78, 5) is 7.30. The Bertz CT molecular complexity index is 114. The van der Waals surface area contributed by atoms with Crippen molar-refractivity contribution in [2.24, 2.45) is 9.98 Å². The second-order valence-electron chi connectivity index (χ2n) is 1.29. The maximum Gasteiger partial charge on any atom is 0.143 e. The third kappa shape index (κ3) is 3.28. The third-order valence-electron chi connectivity index (χ3n) is 0.605. The third-order valence-corrected chi connectivity index (χ3v) is 0.605. The Hall–Kier alpha value is -0.920. The van der Waals surface area contributed by atoms with Gasteiger partial charge in [-0.05, 0) is 13.1 Å². The van der Waals surface area contributed by atoms with Gasteiger partial charge in [-0.15, -0.1) is 0 Å². The molecule has 8 heavy (non-hydrogen) atoms. The van der Waals surface area contributed by atoms with Gasteiger partial charge >= 0.3 is 0 Å². The van der Waals surface area contributed by atoms with Gasteiger partial charge in [0.05, 0.1) is 0 Å². The Morgan fingerprint density at radius 3 is 2.75 bits per heavy atom. The quantitative estimate of drug-likeness (QED) is 0.493. The van der Waals surface area contributed by atoms with Gasteiger partial charge < -0.3 is 0 Å². The van der Waals surface area contributed by atoms with Gasteiger partial charge in [-0.3, -0.25) is 0 Å². The van der Waals surface area contributed by atoms with Crippen molar-refractivity contribution in [2.45, 2.75) is 13.3 Å². The molecule has 0 radical (unpaired) electrons. The molecule has 0 atom stereocenters. The summed E-state index contributed by atoms with van der Waals surface area (Å²) in [5.41, 5.74) is 0. The first-order chi connectivity index (χ1) is 3.81. The molecule has 0 aromatic rings.